The van der Waals surface area contributed by atoms with Crippen molar-refractivity contribution in [3.63, 3.8) is 0 Å². The quantitative estimate of drug-likeness (QED) is 0.894. The zero-order valence-corrected chi connectivity index (χ0v) is 13.8. The van der Waals surface area contributed by atoms with Gasteiger partial charge in [0.1, 0.15) is 0 Å². The summed E-state index contributed by atoms with van der Waals surface area (Å²) in [7, 11) is -3.51. The van der Waals surface area contributed by atoms with E-state index in [1.807, 2.05) is 31.2 Å². The fourth-order valence-corrected chi connectivity index (χ4v) is 3.68. The maximum Gasteiger partial charge on any atom is 0.216 e. The monoisotopic (exact) mass is 343 g/mol. The van der Waals surface area contributed by atoms with Gasteiger partial charge in [0.15, 0.2) is 0 Å². The zero-order valence-electron chi connectivity index (χ0n) is 11.4. The minimum absolute atomic E-state index is 0.239. The van der Waals surface area contributed by atoms with Crippen LogP contribution in [0.2, 0.25) is 10.0 Å². The van der Waals surface area contributed by atoms with Gasteiger partial charge in [-0.1, -0.05) is 59.1 Å². The molecule has 1 N–H and O–H groups in total. The first-order valence-electron chi connectivity index (χ1n) is 6.33. The van der Waals surface area contributed by atoms with E-state index in [1.54, 1.807) is 18.2 Å². The number of sulfonamides is 1. The molecule has 112 valence electrons. The van der Waals surface area contributed by atoms with E-state index in [0.29, 0.717) is 15.6 Å². The van der Waals surface area contributed by atoms with Gasteiger partial charge in [-0.15, -0.1) is 0 Å². The Bertz CT molecular complexity index is 708. The summed E-state index contributed by atoms with van der Waals surface area (Å²) in [5, 5.41) is 0.700. The van der Waals surface area contributed by atoms with Gasteiger partial charge in [0.25, 0.3) is 0 Å². The summed E-state index contributed by atoms with van der Waals surface area (Å²) in [6.45, 7) is 2.22. The van der Waals surface area contributed by atoms with E-state index in [1.165, 1.54) is 0 Å². The van der Waals surface area contributed by atoms with Gasteiger partial charge in [-0.25, -0.2) is 13.1 Å². The number of rotatable bonds is 5. The lowest BCUT2D eigenvalue weighted by molar-refractivity contribution is 0.580. The largest absolute Gasteiger partial charge is 0.216 e. The number of aryl methyl sites for hydroxylation is 1. The number of nitrogens with one attached hydrogen (secondary N) is 1. The van der Waals surface area contributed by atoms with E-state index in [-0.39, 0.29) is 12.3 Å². The summed E-state index contributed by atoms with van der Waals surface area (Å²) >= 11 is 12.0. The average Bonchev–Trinajstić information content (AvgIpc) is 2.43. The lowest BCUT2D eigenvalue weighted by Gasteiger charge is -2.10. The molecule has 0 bridgehead atoms. The maximum atomic E-state index is 12.1. The van der Waals surface area contributed by atoms with Crippen molar-refractivity contribution in [2.45, 2.75) is 19.2 Å². The second-order valence-corrected chi connectivity index (χ2v) is 7.39. The van der Waals surface area contributed by atoms with Crippen LogP contribution < -0.4 is 4.72 Å². The van der Waals surface area contributed by atoms with Crippen LogP contribution in [0.3, 0.4) is 0 Å². The minimum Gasteiger partial charge on any atom is -0.212 e. The van der Waals surface area contributed by atoms with E-state index < -0.39 is 10.0 Å². The van der Waals surface area contributed by atoms with E-state index in [9.17, 15) is 8.42 Å². The number of halogens is 2. The molecule has 0 aromatic heterocycles. The number of hydrogen-bond acceptors (Lipinski definition) is 2. The van der Waals surface area contributed by atoms with Crippen LogP contribution in [-0.4, -0.2) is 8.42 Å². The molecule has 0 radical (unpaired) electrons. The van der Waals surface area contributed by atoms with Crippen molar-refractivity contribution in [2.24, 2.45) is 0 Å². The van der Waals surface area contributed by atoms with Crippen molar-refractivity contribution < 1.29 is 8.42 Å². The van der Waals surface area contributed by atoms with E-state index in [0.717, 1.165) is 11.1 Å². The van der Waals surface area contributed by atoms with Gasteiger partial charge in [0.05, 0.1) is 5.75 Å². The van der Waals surface area contributed by atoms with Crippen molar-refractivity contribution in [1.82, 2.24) is 4.72 Å². The predicted molar refractivity (Wildman–Crippen MR) is 87.1 cm³/mol. The molecule has 0 aliphatic heterocycles. The Balaban J connectivity index is 2.07. The van der Waals surface area contributed by atoms with E-state index >= 15 is 0 Å². The average molecular weight is 344 g/mol. The summed E-state index contributed by atoms with van der Waals surface area (Å²) in [6.07, 6.45) is 0. The fraction of sp³-hybridized carbons (Fsp3) is 0.200. The zero-order chi connectivity index (χ0) is 15.5. The molecule has 0 saturated heterocycles. The Kier molecular flexibility index (Phi) is 5.27. The molecule has 0 unspecified atom stereocenters. The second kappa shape index (κ2) is 6.79. The SMILES string of the molecule is Cc1ccc(CNS(=O)(=O)Cc2c(Cl)cccc2Cl)cc1. The highest BCUT2D eigenvalue weighted by Crippen LogP contribution is 2.25. The Morgan fingerprint density at radius 3 is 2.14 bits per heavy atom. The van der Waals surface area contributed by atoms with Crippen LogP contribution in [0.1, 0.15) is 16.7 Å². The van der Waals surface area contributed by atoms with Crippen LogP contribution in [0.4, 0.5) is 0 Å². The molecule has 0 amide bonds. The van der Waals surface area contributed by atoms with Crippen molar-refractivity contribution >= 4 is 33.2 Å². The summed E-state index contributed by atoms with van der Waals surface area (Å²) in [5.74, 6) is -0.239. The molecule has 0 saturated carbocycles. The normalized spacial score (nSPS) is 11.6. The second-order valence-electron chi connectivity index (χ2n) is 4.77. The summed E-state index contributed by atoms with van der Waals surface area (Å²) in [5.41, 5.74) is 2.44. The van der Waals surface area contributed by atoms with Gasteiger partial charge in [-0.3, -0.25) is 0 Å². The molecule has 2 aromatic carbocycles. The Morgan fingerprint density at radius 1 is 1.00 bits per heavy atom. The van der Waals surface area contributed by atoms with Crippen LogP contribution >= 0.6 is 23.2 Å². The third-order valence-electron chi connectivity index (χ3n) is 3.01. The number of hydrogen-bond donors (Lipinski definition) is 1. The van der Waals surface area contributed by atoms with Crippen LogP contribution in [0, 0.1) is 6.92 Å². The molecule has 0 aliphatic carbocycles. The Morgan fingerprint density at radius 2 is 1.57 bits per heavy atom. The Hall–Kier alpha value is -1.07. The van der Waals surface area contributed by atoms with Crippen molar-refractivity contribution in [2.75, 3.05) is 0 Å². The molecule has 6 heteroatoms. The molecule has 0 fully saturated rings. The van der Waals surface area contributed by atoms with Crippen LogP contribution in [0.5, 0.6) is 0 Å². The van der Waals surface area contributed by atoms with Crippen LogP contribution in [0.15, 0.2) is 42.5 Å². The van der Waals surface area contributed by atoms with Gasteiger partial charge >= 0.3 is 0 Å². The first kappa shape index (κ1) is 16.3. The van der Waals surface area contributed by atoms with Gasteiger partial charge < -0.3 is 0 Å². The highest BCUT2D eigenvalue weighted by Gasteiger charge is 2.16. The smallest absolute Gasteiger partial charge is 0.212 e. The molecule has 3 nitrogen and oxygen atoms in total. The van der Waals surface area contributed by atoms with Gasteiger partial charge in [0.2, 0.25) is 10.0 Å². The minimum atomic E-state index is -3.51. The van der Waals surface area contributed by atoms with Crippen LogP contribution in [0.25, 0.3) is 0 Å². The predicted octanol–water partition coefficient (Wildman–Crippen LogP) is 3.92. The van der Waals surface area contributed by atoms with Crippen LogP contribution in [-0.2, 0) is 22.3 Å². The van der Waals surface area contributed by atoms with E-state index in [2.05, 4.69) is 4.72 Å². The highest BCUT2D eigenvalue weighted by atomic mass is 35.5. The summed E-state index contributed by atoms with van der Waals surface area (Å²) in [4.78, 5) is 0. The molecule has 2 aromatic rings. The Labute approximate surface area is 135 Å². The van der Waals surface area contributed by atoms with Crippen molar-refractivity contribution in [1.29, 1.82) is 0 Å². The van der Waals surface area contributed by atoms with Gasteiger partial charge in [0, 0.05) is 22.2 Å². The van der Waals surface area contributed by atoms with E-state index in [4.69, 9.17) is 23.2 Å². The molecule has 2 rings (SSSR count). The molecule has 21 heavy (non-hydrogen) atoms. The molecule has 0 heterocycles. The molecule has 0 aliphatic rings. The van der Waals surface area contributed by atoms with Crippen molar-refractivity contribution in [3.8, 4) is 0 Å². The third kappa shape index (κ3) is 4.71. The first-order valence-corrected chi connectivity index (χ1v) is 8.74. The molecule has 0 atom stereocenters. The summed E-state index contributed by atoms with van der Waals surface area (Å²) < 4.78 is 26.8. The number of benzene rings is 2. The maximum absolute atomic E-state index is 12.1. The van der Waals surface area contributed by atoms with Gasteiger partial charge in [-0.05, 0) is 24.6 Å². The van der Waals surface area contributed by atoms with Gasteiger partial charge in [-0.2, -0.15) is 0 Å². The van der Waals surface area contributed by atoms with Crippen molar-refractivity contribution in [3.05, 3.63) is 69.2 Å². The first-order chi connectivity index (χ1) is 9.87. The molecule has 0 spiro atoms. The third-order valence-corrected chi connectivity index (χ3v) is 4.97. The fourth-order valence-electron chi connectivity index (χ4n) is 1.81. The topological polar surface area (TPSA) is 46.2 Å². The molecular formula is C15H15Cl2NO2S. The lowest BCUT2D eigenvalue weighted by Crippen LogP contribution is -2.25. The lowest BCUT2D eigenvalue weighted by atomic mass is 10.2. The molecular weight excluding hydrogens is 329 g/mol. The summed E-state index contributed by atoms with van der Waals surface area (Å²) in [6, 6.07) is 12.6. The highest BCUT2D eigenvalue weighted by molar-refractivity contribution is 7.88. The standard InChI is InChI=1S/C15H15Cl2NO2S/c1-11-5-7-12(8-6-11)9-18-21(19,20)10-13-14(16)3-2-4-15(13)17/h2-8,18H,9-10H2,1H3.